The van der Waals surface area contributed by atoms with Gasteiger partial charge in [0.1, 0.15) is 0 Å². The van der Waals surface area contributed by atoms with Crippen LogP contribution in [0.3, 0.4) is 0 Å². The molecule has 0 spiro atoms. The Morgan fingerprint density at radius 3 is 2.50 bits per heavy atom. The molecule has 34 valence electrons. The molecule has 0 saturated carbocycles. The Labute approximate surface area is 36.8 Å². The van der Waals surface area contributed by atoms with Crippen LogP contribution < -0.4 is 0 Å². The van der Waals surface area contributed by atoms with Crippen LogP contribution in [0.4, 0.5) is 0 Å². The predicted molar refractivity (Wildman–Crippen MR) is 24.7 cm³/mol. The first kappa shape index (κ1) is 5.41. The van der Waals surface area contributed by atoms with Crippen molar-refractivity contribution in [3.05, 3.63) is 6.58 Å². The fourth-order valence-corrected chi connectivity index (χ4v) is 0.132. The number of aliphatic imine (C=N–C) groups is 1. The molecule has 0 aromatic carbocycles. The van der Waals surface area contributed by atoms with E-state index < -0.39 is 6.23 Å². The fourth-order valence-electron chi connectivity index (χ4n) is 0.132. The topological polar surface area (TPSA) is 32.6 Å². The van der Waals surface area contributed by atoms with Gasteiger partial charge in [-0.15, -0.1) is 0 Å². The van der Waals surface area contributed by atoms with E-state index in [2.05, 4.69) is 17.4 Å². The van der Waals surface area contributed by atoms with Gasteiger partial charge in [-0.1, -0.05) is 0 Å². The molecule has 0 aliphatic heterocycles. The molecule has 0 aliphatic rings. The highest BCUT2D eigenvalue weighted by atomic mass is 16.3. The van der Waals surface area contributed by atoms with E-state index in [1.54, 1.807) is 0 Å². The molecule has 2 nitrogen and oxygen atoms in total. The molecule has 0 radical (unpaired) electrons. The number of hydrogen-bond acceptors (Lipinski definition) is 2. The molecular formula is C4H7NO. The molecule has 0 aromatic rings. The zero-order chi connectivity index (χ0) is 4.99. The van der Waals surface area contributed by atoms with Gasteiger partial charge < -0.3 is 5.11 Å². The van der Waals surface area contributed by atoms with Crippen molar-refractivity contribution < 1.29 is 5.11 Å². The van der Waals surface area contributed by atoms with Crippen LogP contribution in [0.5, 0.6) is 0 Å². The van der Waals surface area contributed by atoms with Crippen molar-refractivity contribution in [1.29, 1.82) is 0 Å². The Morgan fingerprint density at radius 2 is 2.50 bits per heavy atom. The Bertz CT molecular complexity index is 71.6. The van der Waals surface area contributed by atoms with E-state index in [1.165, 1.54) is 6.92 Å². The minimum Gasteiger partial charge on any atom is -0.371 e. The molecule has 0 rings (SSSR count). The van der Waals surface area contributed by atoms with Crippen molar-refractivity contribution >= 4 is 5.87 Å². The summed E-state index contributed by atoms with van der Waals surface area (Å²) in [4.78, 5) is 3.32. The summed E-state index contributed by atoms with van der Waals surface area (Å²) < 4.78 is 0. The summed E-state index contributed by atoms with van der Waals surface area (Å²) in [6.07, 6.45) is -0.650. The Hall–Kier alpha value is -0.590. The molecule has 0 heterocycles. The summed E-state index contributed by atoms with van der Waals surface area (Å²) >= 11 is 0. The number of rotatable bonds is 1. The van der Waals surface area contributed by atoms with Gasteiger partial charge in [0.2, 0.25) is 0 Å². The van der Waals surface area contributed by atoms with Crippen molar-refractivity contribution in [2.24, 2.45) is 4.99 Å². The lowest BCUT2D eigenvalue weighted by Crippen LogP contribution is -1.90. The third-order valence-electron chi connectivity index (χ3n) is 0.278. The molecule has 1 unspecified atom stereocenters. The lowest BCUT2D eigenvalue weighted by atomic mass is 10.7. The van der Waals surface area contributed by atoms with E-state index in [4.69, 9.17) is 5.11 Å². The van der Waals surface area contributed by atoms with Gasteiger partial charge in [-0.25, -0.2) is 4.99 Å². The van der Waals surface area contributed by atoms with E-state index in [9.17, 15) is 0 Å². The second-order valence-electron chi connectivity index (χ2n) is 0.919. The standard InChI is InChI=1S/C4H7NO/c1-3-5-4(2)6/h4,6H,1H2,2H3. The van der Waals surface area contributed by atoms with Crippen LogP contribution in [0.1, 0.15) is 6.92 Å². The highest BCUT2D eigenvalue weighted by Crippen LogP contribution is 1.73. The SMILES string of the molecule is C=C=NC(C)O. The lowest BCUT2D eigenvalue weighted by Gasteiger charge is -1.84. The van der Waals surface area contributed by atoms with Crippen molar-refractivity contribution in [3.8, 4) is 0 Å². The first-order valence-electron chi connectivity index (χ1n) is 1.67. The molecule has 0 fully saturated rings. The molecule has 0 aliphatic carbocycles. The second kappa shape index (κ2) is 2.64. The van der Waals surface area contributed by atoms with Crippen LogP contribution in [0, 0.1) is 0 Å². The minimum absolute atomic E-state index is 0.650. The summed E-state index contributed by atoms with van der Waals surface area (Å²) in [7, 11) is 0. The maximum atomic E-state index is 8.28. The Morgan fingerprint density at radius 1 is 2.00 bits per heavy atom. The Kier molecular flexibility index (Phi) is 2.38. The molecular weight excluding hydrogens is 78.0 g/mol. The predicted octanol–water partition coefficient (Wildman–Crippen LogP) is 0.180. The van der Waals surface area contributed by atoms with E-state index in [-0.39, 0.29) is 0 Å². The van der Waals surface area contributed by atoms with Crippen molar-refractivity contribution in [1.82, 2.24) is 0 Å². The van der Waals surface area contributed by atoms with Gasteiger partial charge in [-0.3, -0.25) is 0 Å². The third kappa shape index (κ3) is 3.41. The first-order valence-corrected chi connectivity index (χ1v) is 1.67. The number of aliphatic hydroxyl groups is 1. The van der Waals surface area contributed by atoms with E-state index in [0.717, 1.165) is 0 Å². The maximum absolute atomic E-state index is 8.28. The monoisotopic (exact) mass is 85.1 g/mol. The molecule has 0 amide bonds. The number of hydrogen-bond donors (Lipinski definition) is 1. The summed E-state index contributed by atoms with van der Waals surface area (Å²) in [6, 6.07) is 0. The molecule has 0 aromatic heterocycles. The third-order valence-corrected chi connectivity index (χ3v) is 0.278. The highest BCUT2D eigenvalue weighted by Gasteiger charge is 1.78. The minimum atomic E-state index is -0.650. The largest absolute Gasteiger partial charge is 0.371 e. The average Bonchev–Trinajstić information content (AvgIpc) is 1.35. The second-order valence-corrected chi connectivity index (χ2v) is 0.919. The first-order chi connectivity index (χ1) is 2.77. The van der Waals surface area contributed by atoms with E-state index in [0.29, 0.717) is 0 Å². The highest BCUT2D eigenvalue weighted by molar-refractivity contribution is 5.46. The van der Waals surface area contributed by atoms with Gasteiger partial charge >= 0.3 is 0 Å². The molecule has 1 atom stereocenters. The van der Waals surface area contributed by atoms with Gasteiger partial charge in [0.25, 0.3) is 0 Å². The van der Waals surface area contributed by atoms with Crippen LogP contribution in [0.2, 0.25) is 0 Å². The van der Waals surface area contributed by atoms with Crippen molar-refractivity contribution in [3.63, 3.8) is 0 Å². The molecule has 6 heavy (non-hydrogen) atoms. The van der Waals surface area contributed by atoms with Gasteiger partial charge in [0, 0.05) is 0 Å². The summed E-state index contributed by atoms with van der Waals surface area (Å²) in [5.41, 5.74) is 0. The summed E-state index contributed by atoms with van der Waals surface area (Å²) in [5, 5.41) is 8.28. The normalized spacial score (nSPS) is 12.3. The molecule has 1 N–H and O–H groups in total. The summed E-state index contributed by atoms with van der Waals surface area (Å²) in [6.45, 7) is 4.69. The van der Waals surface area contributed by atoms with Crippen LogP contribution in [-0.2, 0) is 0 Å². The number of aliphatic hydroxyl groups excluding tert-OH is 1. The van der Waals surface area contributed by atoms with Crippen LogP contribution >= 0.6 is 0 Å². The number of nitrogens with zero attached hydrogens (tertiary/aromatic N) is 1. The smallest absolute Gasteiger partial charge is 0.151 e. The van der Waals surface area contributed by atoms with Crippen molar-refractivity contribution in [2.75, 3.05) is 0 Å². The van der Waals surface area contributed by atoms with Gasteiger partial charge in [0.05, 0.1) is 0 Å². The van der Waals surface area contributed by atoms with Crippen molar-refractivity contribution in [2.45, 2.75) is 13.2 Å². The van der Waals surface area contributed by atoms with Crippen LogP contribution in [0.15, 0.2) is 11.6 Å². The molecule has 0 bridgehead atoms. The van der Waals surface area contributed by atoms with E-state index >= 15 is 0 Å². The maximum Gasteiger partial charge on any atom is 0.151 e. The Balaban J connectivity index is 3.29. The average molecular weight is 85.1 g/mol. The lowest BCUT2D eigenvalue weighted by molar-refractivity contribution is 0.206. The fraction of sp³-hybridized carbons (Fsp3) is 0.500. The van der Waals surface area contributed by atoms with Gasteiger partial charge in [-0.2, -0.15) is 0 Å². The van der Waals surface area contributed by atoms with E-state index in [1.807, 2.05) is 0 Å². The molecule has 0 saturated heterocycles. The van der Waals surface area contributed by atoms with Gasteiger partial charge in [-0.05, 0) is 19.4 Å². The van der Waals surface area contributed by atoms with Crippen LogP contribution in [0.25, 0.3) is 0 Å². The zero-order valence-corrected chi connectivity index (χ0v) is 3.68. The van der Waals surface area contributed by atoms with Gasteiger partial charge in [0.15, 0.2) is 6.23 Å². The quantitative estimate of drug-likeness (QED) is 0.452. The summed E-state index contributed by atoms with van der Waals surface area (Å²) in [5.74, 6) is 2.19. The zero-order valence-electron chi connectivity index (χ0n) is 3.68. The van der Waals surface area contributed by atoms with Crippen LogP contribution in [-0.4, -0.2) is 17.2 Å². The molecule has 2 heteroatoms.